The maximum absolute atomic E-state index is 5.81. The minimum absolute atomic E-state index is 0.486. The molecule has 0 amide bonds. The highest BCUT2D eigenvalue weighted by atomic mass is 16.5. The van der Waals surface area contributed by atoms with Crippen molar-refractivity contribution in [2.24, 2.45) is 5.92 Å². The molecule has 0 aromatic rings. The predicted octanol–water partition coefficient (Wildman–Crippen LogP) is 1.51. The van der Waals surface area contributed by atoms with Crippen molar-refractivity contribution in [3.05, 3.63) is 0 Å². The summed E-state index contributed by atoms with van der Waals surface area (Å²) in [5.74, 6) is 0.673. The predicted molar refractivity (Wildman–Crippen MR) is 49.2 cm³/mol. The number of morpholine rings is 1. The number of hydrogen-bond acceptors (Lipinski definition) is 2. The lowest BCUT2D eigenvalue weighted by Crippen LogP contribution is -2.47. The van der Waals surface area contributed by atoms with Gasteiger partial charge in [0.15, 0.2) is 0 Å². The van der Waals surface area contributed by atoms with Crippen LogP contribution >= 0.6 is 0 Å². The third-order valence-corrected chi connectivity index (χ3v) is 3.16. The summed E-state index contributed by atoms with van der Waals surface area (Å²) in [6.45, 7) is 7.95. The van der Waals surface area contributed by atoms with Crippen molar-refractivity contribution in [2.75, 3.05) is 19.7 Å². The zero-order valence-electron chi connectivity index (χ0n) is 8.12. The van der Waals surface area contributed by atoms with E-state index in [9.17, 15) is 0 Å². The van der Waals surface area contributed by atoms with Crippen molar-refractivity contribution in [2.45, 2.75) is 38.8 Å². The summed E-state index contributed by atoms with van der Waals surface area (Å²) in [5, 5.41) is 0. The van der Waals surface area contributed by atoms with Crippen LogP contribution in [-0.2, 0) is 4.74 Å². The average molecular weight is 169 g/mol. The molecule has 2 heteroatoms. The lowest BCUT2D eigenvalue weighted by atomic mass is 10.0. The third-order valence-electron chi connectivity index (χ3n) is 3.16. The molecule has 0 radical (unpaired) electrons. The minimum Gasteiger partial charge on any atom is -0.375 e. The normalized spacial score (nSPS) is 37.2. The Balaban J connectivity index is 1.92. The maximum atomic E-state index is 5.81. The highest BCUT2D eigenvalue weighted by molar-refractivity contribution is 4.85. The molecular weight excluding hydrogens is 150 g/mol. The van der Waals surface area contributed by atoms with Crippen molar-refractivity contribution < 1.29 is 4.74 Å². The van der Waals surface area contributed by atoms with Gasteiger partial charge in [-0.05, 0) is 25.3 Å². The van der Waals surface area contributed by atoms with Crippen molar-refractivity contribution in [1.29, 1.82) is 0 Å². The fourth-order valence-electron chi connectivity index (χ4n) is 2.25. The van der Waals surface area contributed by atoms with Gasteiger partial charge in [0, 0.05) is 12.6 Å². The first-order valence-corrected chi connectivity index (χ1v) is 5.13. The van der Waals surface area contributed by atoms with Crippen LogP contribution in [0.25, 0.3) is 0 Å². The second-order valence-corrected chi connectivity index (χ2v) is 4.41. The van der Waals surface area contributed by atoms with Crippen LogP contribution in [0.4, 0.5) is 0 Å². The van der Waals surface area contributed by atoms with Crippen LogP contribution in [0, 0.1) is 5.92 Å². The van der Waals surface area contributed by atoms with E-state index in [4.69, 9.17) is 4.74 Å². The highest BCUT2D eigenvalue weighted by Gasteiger charge is 2.32. The Morgan fingerprint density at radius 3 is 3.00 bits per heavy atom. The van der Waals surface area contributed by atoms with E-state index < -0.39 is 0 Å². The summed E-state index contributed by atoms with van der Waals surface area (Å²) in [6.07, 6.45) is 3.21. The fraction of sp³-hybridized carbons (Fsp3) is 1.00. The van der Waals surface area contributed by atoms with Crippen molar-refractivity contribution in [3.63, 3.8) is 0 Å². The van der Waals surface area contributed by atoms with Gasteiger partial charge in [-0.15, -0.1) is 0 Å². The van der Waals surface area contributed by atoms with Gasteiger partial charge in [0.05, 0.1) is 12.7 Å². The van der Waals surface area contributed by atoms with Crippen LogP contribution in [0.1, 0.15) is 26.7 Å². The molecule has 0 saturated carbocycles. The first-order valence-electron chi connectivity index (χ1n) is 5.13. The SMILES string of the molecule is CC(C)[C@@H]1CN2CCCC2CO1. The minimum atomic E-state index is 0.486. The van der Waals surface area contributed by atoms with E-state index >= 15 is 0 Å². The summed E-state index contributed by atoms with van der Waals surface area (Å²) in [5.41, 5.74) is 0. The lowest BCUT2D eigenvalue weighted by Gasteiger charge is -2.36. The number of fused-ring (bicyclic) bond motifs is 1. The molecule has 2 heterocycles. The van der Waals surface area contributed by atoms with Gasteiger partial charge in [0.25, 0.3) is 0 Å². The van der Waals surface area contributed by atoms with Gasteiger partial charge < -0.3 is 4.74 Å². The second kappa shape index (κ2) is 3.35. The average Bonchev–Trinajstić information content (AvgIpc) is 2.49. The van der Waals surface area contributed by atoms with Crippen LogP contribution in [-0.4, -0.2) is 36.7 Å². The Morgan fingerprint density at radius 1 is 1.42 bits per heavy atom. The largest absolute Gasteiger partial charge is 0.375 e. The highest BCUT2D eigenvalue weighted by Crippen LogP contribution is 2.24. The summed E-state index contributed by atoms with van der Waals surface area (Å²) in [7, 11) is 0. The van der Waals surface area contributed by atoms with Gasteiger partial charge in [-0.3, -0.25) is 4.90 Å². The summed E-state index contributed by atoms with van der Waals surface area (Å²) in [6, 6.07) is 0.750. The van der Waals surface area contributed by atoms with Gasteiger partial charge in [-0.2, -0.15) is 0 Å². The molecular formula is C10H19NO. The molecule has 0 spiro atoms. The van der Waals surface area contributed by atoms with Gasteiger partial charge in [-0.1, -0.05) is 13.8 Å². The number of rotatable bonds is 1. The van der Waals surface area contributed by atoms with E-state index in [-0.39, 0.29) is 0 Å². The molecule has 2 atom stereocenters. The van der Waals surface area contributed by atoms with Gasteiger partial charge in [0.2, 0.25) is 0 Å². The number of hydrogen-bond donors (Lipinski definition) is 0. The molecule has 2 saturated heterocycles. The van der Waals surface area contributed by atoms with Gasteiger partial charge in [0.1, 0.15) is 0 Å². The molecule has 0 aliphatic carbocycles. The first kappa shape index (κ1) is 8.52. The summed E-state index contributed by atoms with van der Waals surface area (Å²) in [4.78, 5) is 2.61. The molecule has 12 heavy (non-hydrogen) atoms. The standard InChI is InChI=1S/C10H19NO/c1-8(2)10-6-11-5-3-4-9(11)7-12-10/h8-10H,3-7H2,1-2H3/t9?,10-/m0/s1. The molecule has 2 fully saturated rings. The van der Waals surface area contributed by atoms with Crippen LogP contribution < -0.4 is 0 Å². The van der Waals surface area contributed by atoms with E-state index in [2.05, 4.69) is 18.7 Å². The third kappa shape index (κ3) is 1.50. The molecule has 2 aliphatic heterocycles. The Kier molecular flexibility index (Phi) is 2.37. The van der Waals surface area contributed by atoms with E-state index in [0.717, 1.165) is 12.6 Å². The molecule has 70 valence electrons. The van der Waals surface area contributed by atoms with E-state index in [1.807, 2.05) is 0 Å². The summed E-state index contributed by atoms with van der Waals surface area (Å²) >= 11 is 0. The van der Waals surface area contributed by atoms with Crippen molar-refractivity contribution in [1.82, 2.24) is 4.90 Å². The molecule has 0 bridgehead atoms. The van der Waals surface area contributed by atoms with Crippen molar-refractivity contribution in [3.8, 4) is 0 Å². The van der Waals surface area contributed by atoms with Crippen LogP contribution in [0.2, 0.25) is 0 Å². The van der Waals surface area contributed by atoms with E-state index in [0.29, 0.717) is 12.0 Å². The number of ether oxygens (including phenoxy) is 1. The smallest absolute Gasteiger partial charge is 0.0725 e. The Morgan fingerprint density at radius 2 is 2.25 bits per heavy atom. The summed E-state index contributed by atoms with van der Waals surface area (Å²) < 4.78 is 5.81. The Labute approximate surface area is 74.9 Å². The topological polar surface area (TPSA) is 12.5 Å². The lowest BCUT2D eigenvalue weighted by molar-refractivity contribution is -0.0683. The van der Waals surface area contributed by atoms with E-state index in [1.54, 1.807) is 0 Å². The number of nitrogens with zero attached hydrogens (tertiary/aromatic N) is 1. The Hall–Kier alpha value is -0.0800. The van der Waals surface area contributed by atoms with Crippen LogP contribution in [0.15, 0.2) is 0 Å². The second-order valence-electron chi connectivity index (χ2n) is 4.41. The molecule has 0 N–H and O–H groups in total. The molecule has 0 aromatic heterocycles. The zero-order valence-corrected chi connectivity index (χ0v) is 8.12. The van der Waals surface area contributed by atoms with E-state index in [1.165, 1.54) is 25.9 Å². The first-order chi connectivity index (χ1) is 5.77. The monoisotopic (exact) mass is 169 g/mol. The molecule has 1 unspecified atom stereocenters. The van der Waals surface area contributed by atoms with Gasteiger partial charge in [-0.25, -0.2) is 0 Å². The molecule has 2 rings (SSSR count). The van der Waals surface area contributed by atoms with Crippen LogP contribution in [0.5, 0.6) is 0 Å². The van der Waals surface area contributed by atoms with Gasteiger partial charge >= 0.3 is 0 Å². The quantitative estimate of drug-likeness (QED) is 0.590. The fourth-order valence-corrected chi connectivity index (χ4v) is 2.25. The van der Waals surface area contributed by atoms with Crippen LogP contribution in [0.3, 0.4) is 0 Å². The molecule has 2 aliphatic rings. The molecule has 0 aromatic carbocycles. The molecule has 2 nitrogen and oxygen atoms in total. The zero-order chi connectivity index (χ0) is 8.55. The Bertz CT molecular complexity index is 158. The maximum Gasteiger partial charge on any atom is 0.0725 e. The van der Waals surface area contributed by atoms with Crippen molar-refractivity contribution >= 4 is 0 Å².